The van der Waals surface area contributed by atoms with E-state index in [4.69, 9.17) is 0 Å². The first kappa shape index (κ1) is 17.2. The number of piperidine rings is 1. The average molecular weight is 335 g/mol. The van der Waals surface area contributed by atoms with E-state index in [9.17, 15) is 14.4 Å². The highest BCUT2D eigenvalue weighted by atomic mass is 16.2. The molecule has 3 fully saturated rings. The molecule has 2 atom stereocenters. The Hall–Kier alpha value is -1.59. The number of nitrogens with one attached hydrogen (secondary N) is 1. The van der Waals surface area contributed by atoms with Gasteiger partial charge >= 0.3 is 6.03 Å². The van der Waals surface area contributed by atoms with Crippen LogP contribution in [0, 0.1) is 5.92 Å². The van der Waals surface area contributed by atoms with Crippen molar-refractivity contribution in [3.05, 3.63) is 0 Å². The van der Waals surface area contributed by atoms with Gasteiger partial charge in [0, 0.05) is 12.1 Å². The molecular formula is C18H29N3O3. The minimum atomic E-state index is -0.761. The molecule has 0 aromatic rings. The van der Waals surface area contributed by atoms with Crippen LogP contribution in [0.4, 0.5) is 4.79 Å². The summed E-state index contributed by atoms with van der Waals surface area (Å²) in [6.45, 7) is 6.14. The van der Waals surface area contributed by atoms with Crippen molar-refractivity contribution < 1.29 is 14.4 Å². The third kappa shape index (κ3) is 2.91. The van der Waals surface area contributed by atoms with Crippen molar-refractivity contribution in [3.63, 3.8) is 0 Å². The average Bonchev–Trinajstić information content (AvgIpc) is 2.75. The molecule has 134 valence electrons. The molecule has 3 aliphatic rings. The maximum atomic E-state index is 12.9. The quantitative estimate of drug-likeness (QED) is 0.787. The van der Waals surface area contributed by atoms with Crippen LogP contribution in [0.1, 0.15) is 65.7 Å². The second kappa shape index (κ2) is 6.37. The first-order chi connectivity index (χ1) is 11.3. The third-order valence-electron chi connectivity index (χ3n) is 6.15. The molecule has 6 heteroatoms. The largest absolute Gasteiger partial charge is 0.336 e. The van der Waals surface area contributed by atoms with Crippen LogP contribution in [0.5, 0.6) is 0 Å². The zero-order chi connectivity index (χ0) is 17.5. The van der Waals surface area contributed by atoms with Crippen LogP contribution in [0.25, 0.3) is 0 Å². The second-order valence-corrected chi connectivity index (χ2v) is 8.02. The minimum Gasteiger partial charge on any atom is -0.336 e. The van der Waals surface area contributed by atoms with Gasteiger partial charge in [-0.25, -0.2) is 4.79 Å². The predicted octanol–water partition coefficient (Wildman–Crippen LogP) is 2.28. The number of carbonyl (C=O) groups excluding carboxylic acids is 3. The molecule has 2 aliphatic heterocycles. The standard InChI is InChI=1S/C18H29N3O3/c1-12-7-9-18(10-8-12)16(23)20(17(24)19-18)11-15(22)21-13(2)5-4-6-14(21)3/h12-14H,4-11H2,1-3H3,(H,19,24)/t12?,13-,14-,18?/m1/s1. The van der Waals surface area contributed by atoms with E-state index in [0.29, 0.717) is 18.8 Å². The fraction of sp³-hybridized carbons (Fsp3) is 0.833. The zero-order valence-electron chi connectivity index (χ0n) is 15.0. The number of hydrogen-bond acceptors (Lipinski definition) is 3. The molecule has 0 unspecified atom stereocenters. The molecule has 6 nitrogen and oxygen atoms in total. The van der Waals surface area contributed by atoms with Gasteiger partial charge in [-0.2, -0.15) is 0 Å². The Morgan fingerprint density at radius 2 is 1.67 bits per heavy atom. The van der Waals surface area contributed by atoms with Crippen molar-refractivity contribution in [2.75, 3.05) is 6.54 Å². The molecule has 0 bridgehead atoms. The molecule has 3 rings (SSSR count). The number of carbonyl (C=O) groups is 3. The predicted molar refractivity (Wildman–Crippen MR) is 90.2 cm³/mol. The number of hydrogen-bond donors (Lipinski definition) is 1. The van der Waals surface area contributed by atoms with Crippen LogP contribution >= 0.6 is 0 Å². The molecule has 1 spiro atoms. The lowest BCUT2D eigenvalue weighted by atomic mass is 9.77. The van der Waals surface area contributed by atoms with Crippen molar-refractivity contribution in [1.29, 1.82) is 0 Å². The monoisotopic (exact) mass is 335 g/mol. The molecule has 2 heterocycles. The summed E-state index contributed by atoms with van der Waals surface area (Å²) in [5.74, 6) is 0.274. The van der Waals surface area contributed by atoms with Crippen LogP contribution < -0.4 is 5.32 Å². The van der Waals surface area contributed by atoms with Crippen LogP contribution in [0.2, 0.25) is 0 Å². The smallest absolute Gasteiger partial charge is 0.325 e. The van der Waals surface area contributed by atoms with Crippen molar-refractivity contribution in [1.82, 2.24) is 15.1 Å². The van der Waals surface area contributed by atoms with Gasteiger partial charge in [0.15, 0.2) is 0 Å². The van der Waals surface area contributed by atoms with Crippen molar-refractivity contribution >= 4 is 17.8 Å². The maximum absolute atomic E-state index is 12.9. The van der Waals surface area contributed by atoms with E-state index in [0.717, 1.165) is 37.0 Å². The highest BCUT2D eigenvalue weighted by molar-refractivity contribution is 6.09. The van der Waals surface area contributed by atoms with E-state index in [-0.39, 0.29) is 30.4 Å². The Balaban J connectivity index is 1.70. The highest BCUT2D eigenvalue weighted by Gasteiger charge is 2.52. The fourth-order valence-electron chi connectivity index (χ4n) is 4.54. The van der Waals surface area contributed by atoms with Gasteiger partial charge in [-0.15, -0.1) is 0 Å². The van der Waals surface area contributed by atoms with Crippen LogP contribution in [-0.2, 0) is 9.59 Å². The Labute approximate surface area is 143 Å². The molecule has 1 aliphatic carbocycles. The fourth-order valence-corrected chi connectivity index (χ4v) is 4.54. The second-order valence-electron chi connectivity index (χ2n) is 8.02. The summed E-state index contributed by atoms with van der Waals surface area (Å²) in [5.41, 5.74) is -0.761. The third-order valence-corrected chi connectivity index (χ3v) is 6.15. The Kier molecular flexibility index (Phi) is 4.58. The van der Waals surface area contributed by atoms with Crippen molar-refractivity contribution in [2.45, 2.75) is 83.3 Å². The van der Waals surface area contributed by atoms with Gasteiger partial charge in [0.05, 0.1) is 0 Å². The minimum absolute atomic E-state index is 0.112. The van der Waals surface area contributed by atoms with Gasteiger partial charge in [0.2, 0.25) is 5.91 Å². The summed E-state index contributed by atoms with van der Waals surface area (Å²) in [7, 11) is 0. The number of amides is 4. The molecule has 0 aromatic heterocycles. The lowest BCUT2D eigenvalue weighted by molar-refractivity contribution is -0.143. The zero-order valence-corrected chi connectivity index (χ0v) is 15.0. The summed E-state index contributed by atoms with van der Waals surface area (Å²) >= 11 is 0. The molecular weight excluding hydrogens is 306 g/mol. The van der Waals surface area contributed by atoms with Gasteiger partial charge in [-0.05, 0) is 64.7 Å². The van der Waals surface area contributed by atoms with E-state index in [1.165, 1.54) is 0 Å². The van der Waals surface area contributed by atoms with E-state index >= 15 is 0 Å². The van der Waals surface area contributed by atoms with E-state index < -0.39 is 11.6 Å². The van der Waals surface area contributed by atoms with Crippen molar-refractivity contribution in [3.8, 4) is 0 Å². The Morgan fingerprint density at radius 3 is 2.25 bits per heavy atom. The molecule has 0 radical (unpaired) electrons. The van der Waals surface area contributed by atoms with Gasteiger partial charge in [0.1, 0.15) is 12.1 Å². The SMILES string of the molecule is CC1CCC2(CC1)NC(=O)N(CC(=O)N1[C@H](C)CCC[C@H]1C)C2=O. The first-order valence-electron chi connectivity index (χ1n) is 9.29. The van der Waals surface area contributed by atoms with E-state index in [1.807, 2.05) is 18.7 Å². The van der Waals surface area contributed by atoms with Gasteiger partial charge in [-0.1, -0.05) is 6.92 Å². The summed E-state index contributed by atoms with van der Waals surface area (Å²) in [5, 5.41) is 2.89. The van der Waals surface area contributed by atoms with Gasteiger partial charge in [-0.3, -0.25) is 14.5 Å². The topological polar surface area (TPSA) is 69.7 Å². The lowest BCUT2D eigenvalue weighted by Crippen LogP contribution is -2.53. The lowest BCUT2D eigenvalue weighted by Gasteiger charge is -2.39. The molecule has 1 saturated carbocycles. The van der Waals surface area contributed by atoms with Crippen molar-refractivity contribution in [2.24, 2.45) is 5.92 Å². The van der Waals surface area contributed by atoms with E-state index in [1.54, 1.807) is 0 Å². The summed E-state index contributed by atoms with van der Waals surface area (Å²) < 4.78 is 0. The molecule has 1 N–H and O–H groups in total. The number of rotatable bonds is 2. The molecule has 4 amide bonds. The summed E-state index contributed by atoms with van der Waals surface area (Å²) in [4.78, 5) is 40.9. The number of likely N-dealkylation sites (tertiary alicyclic amines) is 1. The molecule has 24 heavy (non-hydrogen) atoms. The Bertz CT molecular complexity index is 530. The molecule has 2 saturated heterocycles. The summed E-state index contributed by atoms with van der Waals surface area (Å²) in [6, 6.07) is -0.0572. The summed E-state index contributed by atoms with van der Waals surface area (Å²) in [6.07, 6.45) is 6.33. The van der Waals surface area contributed by atoms with Crippen LogP contribution in [0.3, 0.4) is 0 Å². The normalized spacial score (nSPS) is 37.0. The number of urea groups is 1. The van der Waals surface area contributed by atoms with E-state index in [2.05, 4.69) is 12.2 Å². The first-order valence-corrected chi connectivity index (χ1v) is 9.29. The number of imide groups is 1. The van der Waals surface area contributed by atoms with Crippen LogP contribution in [0.15, 0.2) is 0 Å². The highest BCUT2D eigenvalue weighted by Crippen LogP contribution is 2.36. The maximum Gasteiger partial charge on any atom is 0.325 e. The van der Waals surface area contributed by atoms with Crippen LogP contribution in [-0.4, -0.2) is 51.8 Å². The van der Waals surface area contributed by atoms with Gasteiger partial charge < -0.3 is 10.2 Å². The molecule has 0 aromatic carbocycles. The Morgan fingerprint density at radius 1 is 1.08 bits per heavy atom. The number of nitrogens with zero attached hydrogens (tertiary/aromatic N) is 2. The van der Waals surface area contributed by atoms with Gasteiger partial charge in [0.25, 0.3) is 5.91 Å².